The van der Waals surface area contributed by atoms with Crippen molar-refractivity contribution in [2.75, 3.05) is 11.9 Å². The van der Waals surface area contributed by atoms with Crippen molar-refractivity contribution in [3.05, 3.63) is 54.1 Å². The first-order valence-electron chi connectivity index (χ1n) is 9.45. The van der Waals surface area contributed by atoms with Gasteiger partial charge in [-0.3, -0.25) is 4.79 Å². The molecule has 2 aromatic rings. The van der Waals surface area contributed by atoms with Gasteiger partial charge in [-0.05, 0) is 63.6 Å². The van der Waals surface area contributed by atoms with E-state index in [1.54, 1.807) is 43.3 Å². The molecule has 0 saturated carbocycles. The number of hydrogen-bond donors (Lipinski definition) is 1. The first kappa shape index (κ1) is 21.3. The fourth-order valence-corrected chi connectivity index (χ4v) is 2.36. The fourth-order valence-electron chi connectivity index (χ4n) is 2.36. The largest absolute Gasteiger partial charge is 0.492 e. The Hall–Kier alpha value is -3.02. The van der Waals surface area contributed by atoms with Gasteiger partial charge < -0.3 is 19.5 Å². The molecule has 1 N–H and O–H groups in total. The van der Waals surface area contributed by atoms with Crippen LogP contribution in [-0.4, -0.2) is 30.7 Å². The van der Waals surface area contributed by atoms with E-state index < -0.39 is 12.1 Å². The molecule has 150 valence electrons. The van der Waals surface area contributed by atoms with Crippen LogP contribution in [0.25, 0.3) is 0 Å². The Labute approximate surface area is 165 Å². The Morgan fingerprint density at radius 2 is 1.68 bits per heavy atom. The third-order valence-electron chi connectivity index (χ3n) is 4.09. The fraction of sp³-hybridized carbons (Fsp3) is 0.364. The summed E-state index contributed by atoms with van der Waals surface area (Å²) in [6, 6.07) is 13.8. The van der Waals surface area contributed by atoms with Crippen LogP contribution in [-0.2, 0) is 9.53 Å². The molecule has 1 amide bonds. The average molecular weight is 385 g/mol. The van der Waals surface area contributed by atoms with Crippen LogP contribution in [0, 0.1) is 0 Å². The number of anilines is 1. The summed E-state index contributed by atoms with van der Waals surface area (Å²) < 4.78 is 16.4. The molecule has 2 atom stereocenters. The molecule has 2 rings (SSSR count). The molecule has 0 saturated heterocycles. The van der Waals surface area contributed by atoms with Gasteiger partial charge in [0.1, 0.15) is 11.5 Å². The van der Waals surface area contributed by atoms with E-state index in [4.69, 9.17) is 14.2 Å². The summed E-state index contributed by atoms with van der Waals surface area (Å²) in [5.41, 5.74) is 1.07. The zero-order valence-corrected chi connectivity index (χ0v) is 16.7. The molecule has 0 aliphatic rings. The maximum absolute atomic E-state index is 12.5. The van der Waals surface area contributed by atoms with Crippen molar-refractivity contribution in [3.63, 3.8) is 0 Å². The van der Waals surface area contributed by atoms with Gasteiger partial charge in [-0.15, -0.1) is 0 Å². The van der Waals surface area contributed by atoms with Crippen molar-refractivity contribution in [1.82, 2.24) is 0 Å². The quantitative estimate of drug-likeness (QED) is 0.646. The van der Waals surface area contributed by atoms with Crippen LogP contribution in [0.4, 0.5) is 5.69 Å². The number of para-hydroxylation sites is 2. The predicted octanol–water partition coefficient (Wildman–Crippen LogP) is 4.45. The highest BCUT2D eigenvalue weighted by Gasteiger charge is 2.18. The van der Waals surface area contributed by atoms with Crippen molar-refractivity contribution >= 4 is 17.6 Å². The van der Waals surface area contributed by atoms with Crippen LogP contribution in [0.2, 0.25) is 0 Å². The molecule has 28 heavy (non-hydrogen) atoms. The summed E-state index contributed by atoms with van der Waals surface area (Å²) in [5, 5.41) is 2.84. The van der Waals surface area contributed by atoms with Crippen molar-refractivity contribution in [2.45, 2.75) is 46.3 Å². The first-order valence-corrected chi connectivity index (χ1v) is 9.45. The molecular formula is C22H27NO5. The van der Waals surface area contributed by atoms with Crippen molar-refractivity contribution < 1.29 is 23.8 Å². The van der Waals surface area contributed by atoms with E-state index in [2.05, 4.69) is 5.32 Å². The van der Waals surface area contributed by atoms with Gasteiger partial charge in [0.15, 0.2) is 6.10 Å². The second kappa shape index (κ2) is 10.3. The monoisotopic (exact) mass is 385 g/mol. The van der Waals surface area contributed by atoms with Gasteiger partial charge in [-0.1, -0.05) is 19.1 Å². The zero-order valence-electron chi connectivity index (χ0n) is 16.7. The Morgan fingerprint density at radius 3 is 2.32 bits per heavy atom. The van der Waals surface area contributed by atoms with Crippen LogP contribution in [0.1, 0.15) is 44.5 Å². The minimum absolute atomic E-state index is 0.149. The van der Waals surface area contributed by atoms with Crippen molar-refractivity contribution in [1.29, 1.82) is 0 Å². The van der Waals surface area contributed by atoms with E-state index in [9.17, 15) is 9.59 Å². The summed E-state index contributed by atoms with van der Waals surface area (Å²) in [6.07, 6.45) is -0.134. The van der Waals surface area contributed by atoms with Gasteiger partial charge in [0, 0.05) is 5.56 Å². The molecule has 0 fully saturated rings. The van der Waals surface area contributed by atoms with E-state index in [-0.39, 0.29) is 12.0 Å². The molecule has 0 aliphatic carbocycles. The Kier molecular flexibility index (Phi) is 7.87. The predicted molar refractivity (Wildman–Crippen MR) is 108 cm³/mol. The Morgan fingerprint density at radius 1 is 1.00 bits per heavy atom. The van der Waals surface area contributed by atoms with Crippen LogP contribution < -0.4 is 14.8 Å². The number of carbonyl (C=O) groups excluding carboxylic acids is 2. The molecule has 0 aromatic heterocycles. The van der Waals surface area contributed by atoms with Crippen LogP contribution in [0.15, 0.2) is 48.5 Å². The lowest BCUT2D eigenvalue weighted by Crippen LogP contribution is -2.29. The van der Waals surface area contributed by atoms with Gasteiger partial charge in [0.05, 0.1) is 18.4 Å². The summed E-state index contributed by atoms with van der Waals surface area (Å²) in [7, 11) is 0. The maximum Gasteiger partial charge on any atom is 0.347 e. The second-order valence-electron chi connectivity index (χ2n) is 6.32. The highest BCUT2D eigenvalue weighted by molar-refractivity contribution is 6.05. The smallest absolute Gasteiger partial charge is 0.347 e. The number of rotatable bonds is 9. The van der Waals surface area contributed by atoms with Gasteiger partial charge >= 0.3 is 5.97 Å². The minimum atomic E-state index is -0.730. The van der Waals surface area contributed by atoms with E-state index in [1.165, 1.54) is 0 Å². The van der Waals surface area contributed by atoms with Crippen molar-refractivity contribution in [3.8, 4) is 11.5 Å². The lowest BCUT2D eigenvalue weighted by atomic mass is 10.2. The Bertz CT molecular complexity index is 788. The molecule has 6 nitrogen and oxygen atoms in total. The zero-order chi connectivity index (χ0) is 20.5. The van der Waals surface area contributed by atoms with Gasteiger partial charge in [-0.25, -0.2) is 4.79 Å². The summed E-state index contributed by atoms with van der Waals surface area (Å²) >= 11 is 0. The third-order valence-corrected chi connectivity index (χ3v) is 4.09. The lowest BCUT2D eigenvalue weighted by Gasteiger charge is -2.17. The highest BCUT2D eigenvalue weighted by atomic mass is 16.6. The summed E-state index contributed by atoms with van der Waals surface area (Å²) in [6.45, 7) is 7.81. The highest BCUT2D eigenvalue weighted by Crippen LogP contribution is 2.24. The molecule has 0 unspecified atom stereocenters. The molecular weight excluding hydrogens is 358 g/mol. The van der Waals surface area contributed by atoms with Crippen LogP contribution in [0.3, 0.4) is 0 Å². The van der Waals surface area contributed by atoms with Gasteiger partial charge in [-0.2, -0.15) is 0 Å². The molecule has 2 aromatic carbocycles. The maximum atomic E-state index is 12.5. The molecule has 0 radical (unpaired) electrons. The topological polar surface area (TPSA) is 73.9 Å². The van der Waals surface area contributed by atoms with Gasteiger partial charge in [0.2, 0.25) is 0 Å². The van der Waals surface area contributed by atoms with E-state index in [1.807, 2.05) is 32.9 Å². The number of amides is 1. The SMILES string of the molecule is CCOc1ccccc1NC(=O)c1ccc(O[C@H](C)C(=O)O[C@H](C)CC)cc1. The molecule has 0 aliphatic heterocycles. The third kappa shape index (κ3) is 6.01. The van der Waals surface area contributed by atoms with Crippen LogP contribution in [0.5, 0.6) is 11.5 Å². The number of benzene rings is 2. The normalized spacial score (nSPS) is 12.6. The molecule has 0 spiro atoms. The van der Waals surface area contributed by atoms with E-state index in [0.29, 0.717) is 29.4 Å². The van der Waals surface area contributed by atoms with Gasteiger partial charge in [0.25, 0.3) is 5.91 Å². The first-order chi connectivity index (χ1) is 13.4. The standard InChI is InChI=1S/C22H27NO5/c1-5-15(3)27-22(25)16(4)28-18-13-11-17(12-14-18)21(24)23-19-9-7-8-10-20(19)26-6-2/h7-16H,5-6H2,1-4H3,(H,23,24)/t15-,16-/m1/s1. The average Bonchev–Trinajstić information content (AvgIpc) is 2.70. The number of esters is 1. The molecule has 6 heteroatoms. The number of ether oxygens (including phenoxy) is 3. The number of carbonyl (C=O) groups is 2. The second-order valence-corrected chi connectivity index (χ2v) is 6.32. The van der Waals surface area contributed by atoms with E-state index >= 15 is 0 Å². The lowest BCUT2D eigenvalue weighted by molar-refractivity contribution is -0.155. The summed E-state index contributed by atoms with van der Waals surface area (Å²) in [5.74, 6) is 0.429. The number of nitrogens with one attached hydrogen (secondary N) is 1. The van der Waals surface area contributed by atoms with E-state index in [0.717, 1.165) is 6.42 Å². The van der Waals surface area contributed by atoms with Crippen molar-refractivity contribution in [2.24, 2.45) is 0 Å². The van der Waals surface area contributed by atoms with Crippen LogP contribution >= 0.6 is 0 Å². The number of hydrogen-bond acceptors (Lipinski definition) is 5. The molecule has 0 bridgehead atoms. The minimum Gasteiger partial charge on any atom is -0.492 e. The molecule has 0 heterocycles. The Balaban J connectivity index is 1.98. The summed E-state index contributed by atoms with van der Waals surface area (Å²) in [4.78, 5) is 24.4.